The number of oxazole rings is 1. The van der Waals surface area contributed by atoms with Crippen LogP contribution in [0.3, 0.4) is 0 Å². The van der Waals surface area contributed by atoms with Crippen molar-refractivity contribution in [3.05, 3.63) is 38.2 Å². The Morgan fingerprint density at radius 1 is 1.47 bits per heavy atom. The molecule has 0 amide bonds. The minimum absolute atomic E-state index is 0.633. The van der Waals surface area contributed by atoms with Crippen LogP contribution < -0.4 is 5.32 Å². The molecule has 2 aromatic rings. The molecule has 4 nitrogen and oxygen atoms in total. The van der Waals surface area contributed by atoms with Gasteiger partial charge in [-0.3, -0.25) is 0 Å². The minimum Gasteiger partial charge on any atom is -0.444 e. The summed E-state index contributed by atoms with van der Waals surface area (Å²) in [7, 11) is 1.68. The van der Waals surface area contributed by atoms with Crippen molar-refractivity contribution >= 4 is 38.5 Å². The Hall–Kier alpha value is -0.440. The lowest BCUT2D eigenvalue weighted by Crippen LogP contribution is -2.18. The van der Waals surface area contributed by atoms with E-state index in [1.54, 1.807) is 13.4 Å². The quantitative estimate of drug-likeness (QED) is 0.556. The maximum absolute atomic E-state index is 5.53. The van der Waals surface area contributed by atoms with Gasteiger partial charge in [-0.15, -0.1) is 0 Å². The third-order valence-corrected chi connectivity index (χ3v) is 3.86. The van der Waals surface area contributed by atoms with Crippen LogP contribution in [0.5, 0.6) is 0 Å². The van der Waals surface area contributed by atoms with Crippen LogP contribution >= 0.6 is 38.5 Å². The van der Waals surface area contributed by atoms with E-state index >= 15 is 0 Å². The molecule has 0 atom stereocenters. The average Bonchev–Trinajstić information content (AvgIpc) is 2.86. The molecule has 0 saturated carbocycles. The second-order valence-electron chi connectivity index (χ2n) is 3.94. The normalized spacial score (nSPS) is 10.9. The second-order valence-corrected chi connectivity index (χ2v) is 6.04. The SMILES string of the molecule is COCCNCc1coc(-c2cc(I)ccc2Br)n1. The van der Waals surface area contributed by atoms with Crippen molar-refractivity contribution in [3.8, 4) is 11.5 Å². The zero-order valence-corrected chi connectivity index (χ0v) is 14.2. The summed E-state index contributed by atoms with van der Waals surface area (Å²) in [5, 5.41) is 3.23. The molecule has 6 heteroatoms. The van der Waals surface area contributed by atoms with Crippen LogP contribution in [0.15, 0.2) is 33.4 Å². The first kappa shape index (κ1) is 15.0. The van der Waals surface area contributed by atoms with Crippen LogP contribution in [0.25, 0.3) is 11.5 Å². The fourth-order valence-corrected chi connectivity index (χ4v) is 2.47. The van der Waals surface area contributed by atoms with E-state index in [-0.39, 0.29) is 0 Å². The summed E-state index contributed by atoms with van der Waals surface area (Å²) < 4.78 is 12.6. The van der Waals surface area contributed by atoms with E-state index in [2.05, 4.69) is 48.8 Å². The number of aromatic nitrogens is 1. The van der Waals surface area contributed by atoms with E-state index in [1.807, 2.05) is 18.2 Å². The van der Waals surface area contributed by atoms with Crippen molar-refractivity contribution in [1.82, 2.24) is 10.3 Å². The number of halogens is 2. The van der Waals surface area contributed by atoms with Gasteiger partial charge >= 0.3 is 0 Å². The van der Waals surface area contributed by atoms with Crippen LogP contribution in [0, 0.1) is 3.57 Å². The molecular formula is C13H14BrIN2O2. The average molecular weight is 437 g/mol. The van der Waals surface area contributed by atoms with Crippen molar-refractivity contribution in [3.63, 3.8) is 0 Å². The topological polar surface area (TPSA) is 47.3 Å². The summed E-state index contributed by atoms with van der Waals surface area (Å²) in [5.41, 5.74) is 1.85. The molecule has 1 heterocycles. The molecule has 102 valence electrons. The molecule has 0 unspecified atom stereocenters. The molecule has 0 aliphatic rings. The van der Waals surface area contributed by atoms with Gasteiger partial charge in [0.2, 0.25) is 5.89 Å². The van der Waals surface area contributed by atoms with E-state index in [0.717, 1.165) is 25.8 Å². The maximum Gasteiger partial charge on any atom is 0.227 e. The van der Waals surface area contributed by atoms with E-state index in [1.165, 1.54) is 0 Å². The molecule has 0 fully saturated rings. The minimum atomic E-state index is 0.633. The Bertz CT molecular complexity index is 545. The first-order chi connectivity index (χ1) is 9.20. The molecular weight excluding hydrogens is 423 g/mol. The number of nitrogens with zero attached hydrogens (tertiary/aromatic N) is 1. The lowest BCUT2D eigenvalue weighted by molar-refractivity contribution is 0.199. The molecule has 1 N–H and O–H groups in total. The first-order valence-electron chi connectivity index (χ1n) is 5.80. The van der Waals surface area contributed by atoms with Crippen molar-refractivity contribution < 1.29 is 9.15 Å². The number of nitrogens with one attached hydrogen (secondary N) is 1. The molecule has 0 spiro atoms. The number of hydrogen-bond donors (Lipinski definition) is 1. The van der Waals surface area contributed by atoms with E-state index in [9.17, 15) is 0 Å². The van der Waals surface area contributed by atoms with Gasteiger partial charge in [-0.2, -0.15) is 0 Å². The van der Waals surface area contributed by atoms with Gasteiger partial charge in [-0.25, -0.2) is 4.98 Å². The maximum atomic E-state index is 5.53. The molecule has 0 aliphatic carbocycles. The number of ether oxygens (including phenoxy) is 1. The van der Waals surface area contributed by atoms with Crippen LogP contribution in [0.4, 0.5) is 0 Å². The Morgan fingerprint density at radius 2 is 2.32 bits per heavy atom. The smallest absolute Gasteiger partial charge is 0.227 e. The molecule has 0 aliphatic heterocycles. The third kappa shape index (κ3) is 4.27. The van der Waals surface area contributed by atoms with Crippen LogP contribution in [-0.4, -0.2) is 25.2 Å². The van der Waals surface area contributed by atoms with Gasteiger partial charge < -0.3 is 14.5 Å². The molecule has 0 bridgehead atoms. The Morgan fingerprint density at radius 3 is 3.11 bits per heavy atom. The van der Waals surface area contributed by atoms with Crippen molar-refractivity contribution in [2.45, 2.75) is 6.54 Å². The highest BCUT2D eigenvalue weighted by Crippen LogP contribution is 2.29. The molecule has 19 heavy (non-hydrogen) atoms. The van der Waals surface area contributed by atoms with E-state index < -0.39 is 0 Å². The summed E-state index contributed by atoms with van der Waals surface area (Å²) in [4.78, 5) is 4.48. The summed E-state index contributed by atoms with van der Waals surface area (Å²) in [6.07, 6.45) is 1.68. The van der Waals surface area contributed by atoms with E-state index in [4.69, 9.17) is 9.15 Å². The van der Waals surface area contributed by atoms with Crippen molar-refractivity contribution in [1.29, 1.82) is 0 Å². The number of hydrogen-bond acceptors (Lipinski definition) is 4. The predicted octanol–water partition coefficient (Wildman–Crippen LogP) is 3.44. The number of benzene rings is 1. The lowest BCUT2D eigenvalue weighted by atomic mass is 10.2. The second kappa shape index (κ2) is 7.37. The highest BCUT2D eigenvalue weighted by molar-refractivity contribution is 14.1. The van der Waals surface area contributed by atoms with Gasteiger partial charge in [0.1, 0.15) is 6.26 Å². The number of rotatable bonds is 6. The fraction of sp³-hybridized carbons (Fsp3) is 0.308. The first-order valence-corrected chi connectivity index (χ1v) is 7.67. The lowest BCUT2D eigenvalue weighted by Gasteiger charge is -2.01. The molecule has 1 aromatic carbocycles. The molecule has 0 saturated heterocycles. The van der Waals surface area contributed by atoms with Gasteiger partial charge in [0, 0.05) is 28.2 Å². The van der Waals surface area contributed by atoms with Crippen LogP contribution in [0.2, 0.25) is 0 Å². The van der Waals surface area contributed by atoms with Gasteiger partial charge in [0.15, 0.2) is 0 Å². The molecule has 2 rings (SSSR count). The third-order valence-electron chi connectivity index (χ3n) is 2.50. The monoisotopic (exact) mass is 436 g/mol. The highest BCUT2D eigenvalue weighted by atomic mass is 127. The van der Waals surface area contributed by atoms with Crippen molar-refractivity contribution in [2.75, 3.05) is 20.3 Å². The summed E-state index contributed by atoms with van der Waals surface area (Å²) in [6, 6.07) is 6.07. The zero-order valence-electron chi connectivity index (χ0n) is 10.5. The van der Waals surface area contributed by atoms with Gasteiger partial charge in [-0.1, -0.05) is 0 Å². The summed E-state index contributed by atoms with van der Waals surface area (Å²) in [5.74, 6) is 0.633. The highest BCUT2D eigenvalue weighted by Gasteiger charge is 2.10. The number of methoxy groups -OCH3 is 1. The Labute approximate surface area is 134 Å². The van der Waals surface area contributed by atoms with E-state index in [0.29, 0.717) is 19.0 Å². The summed E-state index contributed by atoms with van der Waals surface area (Å²) >= 11 is 5.79. The zero-order chi connectivity index (χ0) is 13.7. The fourth-order valence-electron chi connectivity index (χ4n) is 1.56. The molecule has 1 aromatic heterocycles. The predicted molar refractivity (Wildman–Crippen MR) is 85.9 cm³/mol. The van der Waals surface area contributed by atoms with Gasteiger partial charge in [-0.05, 0) is 56.7 Å². The van der Waals surface area contributed by atoms with Crippen molar-refractivity contribution in [2.24, 2.45) is 0 Å². The van der Waals surface area contributed by atoms with Crippen LogP contribution in [0.1, 0.15) is 5.69 Å². The Balaban J connectivity index is 2.06. The molecule has 0 radical (unpaired) electrons. The largest absolute Gasteiger partial charge is 0.444 e. The Kier molecular flexibility index (Phi) is 5.80. The standard InChI is InChI=1S/C13H14BrIN2O2/c1-18-5-4-16-7-10-8-19-13(17-10)11-6-9(15)2-3-12(11)14/h2-3,6,8,16H,4-5,7H2,1H3. The van der Waals surface area contributed by atoms with Crippen LogP contribution in [-0.2, 0) is 11.3 Å². The van der Waals surface area contributed by atoms with Gasteiger partial charge in [0.05, 0.1) is 17.9 Å². The summed E-state index contributed by atoms with van der Waals surface area (Å²) in [6.45, 7) is 2.16. The van der Waals surface area contributed by atoms with Gasteiger partial charge in [0.25, 0.3) is 0 Å².